The Bertz CT molecular complexity index is 1020. The van der Waals surface area contributed by atoms with E-state index in [9.17, 15) is 14.7 Å². The van der Waals surface area contributed by atoms with Crippen molar-refractivity contribution < 1.29 is 14.7 Å². The van der Waals surface area contributed by atoms with Crippen LogP contribution < -0.4 is 5.73 Å². The van der Waals surface area contributed by atoms with Crippen LogP contribution in [-0.2, 0) is 4.79 Å². The first-order valence-corrected chi connectivity index (χ1v) is 10.2. The third kappa shape index (κ3) is 4.76. The SMILES string of the molecule is CCCN(CCC)C(=O)C1=Cc2ccc(-c3cccc(C(=O)O)c3)cc2N=C(N)C1. The molecule has 3 rings (SSSR count). The number of hydrogen-bond acceptors (Lipinski definition) is 4. The molecule has 30 heavy (non-hydrogen) atoms. The summed E-state index contributed by atoms with van der Waals surface area (Å²) in [6, 6.07) is 12.5. The molecule has 0 radical (unpaired) electrons. The van der Waals surface area contributed by atoms with E-state index in [1.54, 1.807) is 18.2 Å². The van der Waals surface area contributed by atoms with Gasteiger partial charge in [-0.25, -0.2) is 9.79 Å². The van der Waals surface area contributed by atoms with Crippen molar-refractivity contribution in [3.8, 4) is 11.1 Å². The average molecular weight is 405 g/mol. The number of nitrogens with zero attached hydrogens (tertiary/aromatic N) is 2. The molecule has 1 aliphatic rings. The summed E-state index contributed by atoms with van der Waals surface area (Å²) in [6.07, 6.45) is 3.98. The highest BCUT2D eigenvalue weighted by Gasteiger charge is 2.21. The van der Waals surface area contributed by atoms with Crippen LogP contribution in [0.25, 0.3) is 17.2 Å². The quantitative estimate of drug-likeness (QED) is 0.710. The Morgan fingerprint density at radius 2 is 1.77 bits per heavy atom. The number of aromatic carboxylic acids is 1. The summed E-state index contributed by atoms with van der Waals surface area (Å²) >= 11 is 0. The number of fused-ring (bicyclic) bond motifs is 1. The van der Waals surface area contributed by atoms with Crippen molar-refractivity contribution in [2.24, 2.45) is 10.7 Å². The fourth-order valence-electron chi connectivity index (χ4n) is 3.60. The summed E-state index contributed by atoms with van der Waals surface area (Å²) in [5, 5.41) is 9.24. The minimum atomic E-state index is -0.969. The Morgan fingerprint density at radius 3 is 2.43 bits per heavy atom. The predicted octanol–water partition coefficient (Wildman–Crippen LogP) is 4.48. The third-order valence-corrected chi connectivity index (χ3v) is 4.99. The van der Waals surface area contributed by atoms with Crippen molar-refractivity contribution in [2.75, 3.05) is 13.1 Å². The Labute approximate surface area is 176 Å². The Hall–Kier alpha value is -3.41. The van der Waals surface area contributed by atoms with E-state index in [4.69, 9.17) is 5.73 Å². The van der Waals surface area contributed by atoms with Gasteiger partial charge >= 0.3 is 5.97 Å². The molecule has 0 fully saturated rings. The molecule has 3 N–H and O–H groups in total. The molecule has 0 aromatic heterocycles. The summed E-state index contributed by atoms with van der Waals surface area (Å²) in [6.45, 7) is 5.55. The second kappa shape index (κ2) is 9.39. The van der Waals surface area contributed by atoms with E-state index in [2.05, 4.69) is 18.8 Å². The van der Waals surface area contributed by atoms with Gasteiger partial charge in [-0.1, -0.05) is 38.1 Å². The minimum absolute atomic E-state index is 0.00272. The molecular formula is C24H27N3O3. The maximum Gasteiger partial charge on any atom is 0.335 e. The Morgan fingerprint density at radius 1 is 1.07 bits per heavy atom. The molecule has 0 aliphatic carbocycles. The number of rotatable bonds is 7. The van der Waals surface area contributed by atoms with Crippen molar-refractivity contribution in [3.63, 3.8) is 0 Å². The predicted molar refractivity (Wildman–Crippen MR) is 120 cm³/mol. The number of amides is 1. The number of nitrogens with two attached hydrogens (primary N) is 1. The number of benzene rings is 2. The second-order valence-electron chi connectivity index (χ2n) is 7.40. The van der Waals surface area contributed by atoms with Crippen molar-refractivity contribution in [3.05, 3.63) is 59.2 Å². The van der Waals surface area contributed by atoms with Gasteiger partial charge in [-0.3, -0.25) is 4.79 Å². The van der Waals surface area contributed by atoms with Gasteiger partial charge in [-0.05, 0) is 48.2 Å². The maximum absolute atomic E-state index is 13.1. The lowest BCUT2D eigenvalue weighted by Crippen LogP contribution is -2.34. The first-order chi connectivity index (χ1) is 14.4. The van der Waals surface area contributed by atoms with E-state index < -0.39 is 5.97 Å². The zero-order valence-corrected chi connectivity index (χ0v) is 17.4. The number of carbonyl (C=O) groups is 2. The lowest BCUT2D eigenvalue weighted by molar-refractivity contribution is -0.127. The van der Waals surface area contributed by atoms with Crippen LogP contribution in [0.3, 0.4) is 0 Å². The second-order valence-corrected chi connectivity index (χ2v) is 7.40. The molecule has 156 valence electrons. The summed E-state index contributed by atoms with van der Waals surface area (Å²) in [5.41, 5.74) is 10.1. The van der Waals surface area contributed by atoms with E-state index in [0.717, 1.165) is 29.5 Å². The van der Waals surface area contributed by atoms with E-state index in [0.29, 0.717) is 36.6 Å². The number of carbonyl (C=O) groups excluding carboxylic acids is 1. The van der Waals surface area contributed by atoms with Gasteiger partial charge in [0.05, 0.1) is 11.3 Å². The number of carboxylic acids is 1. The lowest BCUT2D eigenvalue weighted by atomic mass is 9.99. The van der Waals surface area contributed by atoms with Crippen LogP contribution in [0.1, 0.15) is 49.0 Å². The molecule has 2 aromatic carbocycles. The highest BCUT2D eigenvalue weighted by atomic mass is 16.4. The summed E-state index contributed by atoms with van der Waals surface area (Å²) < 4.78 is 0. The smallest absolute Gasteiger partial charge is 0.335 e. The van der Waals surface area contributed by atoms with Crippen molar-refractivity contribution in [1.29, 1.82) is 0 Å². The topological polar surface area (TPSA) is 96.0 Å². The molecule has 6 nitrogen and oxygen atoms in total. The van der Waals surface area contributed by atoms with E-state index in [1.165, 1.54) is 0 Å². The van der Waals surface area contributed by atoms with Gasteiger partial charge in [-0.2, -0.15) is 0 Å². The third-order valence-electron chi connectivity index (χ3n) is 4.99. The Kier molecular flexibility index (Phi) is 6.67. The fraction of sp³-hybridized carbons (Fsp3) is 0.292. The zero-order valence-electron chi connectivity index (χ0n) is 17.4. The molecular weight excluding hydrogens is 378 g/mol. The molecule has 0 saturated carbocycles. The van der Waals surface area contributed by atoms with Crippen LogP contribution in [-0.4, -0.2) is 40.8 Å². The number of aliphatic imine (C=N–C) groups is 1. The maximum atomic E-state index is 13.1. The first kappa shape index (κ1) is 21.3. The summed E-state index contributed by atoms with van der Waals surface area (Å²) in [7, 11) is 0. The van der Waals surface area contributed by atoms with E-state index in [1.807, 2.05) is 35.2 Å². The standard InChI is InChI=1S/C24H27N3O3/c1-3-10-27(11-4-2)23(28)20-13-18-9-8-17(14-21(18)26-22(25)15-20)16-6-5-7-19(12-16)24(29)30/h5-9,12-14H,3-4,10-11,15H2,1-2H3,(H2,25,26)(H,29,30). The molecule has 1 aliphatic heterocycles. The highest BCUT2D eigenvalue weighted by Crippen LogP contribution is 2.32. The Balaban J connectivity index is 1.98. The van der Waals surface area contributed by atoms with Gasteiger partial charge in [0.25, 0.3) is 0 Å². The molecule has 0 saturated heterocycles. The molecule has 0 spiro atoms. The van der Waals surface area contributed by atoms with Gasteiger partial charge < -0.3 is 15.7 Å². The molecule has 0 atom stereocenters. The molecule has 1 heterocycles. The number of carboxylic acid groups (broad SMARTS) is 1. The largest absolute Gasteiger partial charge is 0.478 e. The number of amidine groups is 1. The van der Waals surface area contributed by atoms with Crippen molar-refractivity contribution >= 4 is 29.5 Å². The zero-order chi connectivity index (χ0) is 21.7. The van der Waals surface area contributed by atoms with E-state index >= 15 is 0 Å². The molecule has 1 amide bonds. The van der Waals surface area contributed by atoms with Crippen LogP contribution in [0, 0.1) is 0 Å². The fourth-order valence-corrected chi connectivity index (χ4v) is 3.60. The molecule has 2 aromatic rings. The molecule has 0 bridgehead atoms. The van der Waals surface area contributed by atoms with Crippen LogP contribution >= 0.6 is 0 Å². The minimum Gasteiger partial charge on any atom is -0.478 e. The molecule has 6 heteroatoms. The van der Waals surface area contributed by atoms with E-state index in [-0.39, 0.29) is 11.5 Å². The average Bonchev–Trinajstić information content (AvgIpc) is 2.90. The van der Waals surface area contributed by atoms with Gasteiger partial charge in [0.2, 0.25) is 5.91 Å². The monoisotopic (exact) mass is 405 g/mol. The van der Waals surface area contributed by atoms with Gasteiger partial charge in [0.15, 0.2) is 0 Å². The number of hydrogen-bond donors (Lipinski definition) is 2. The van der Waals surface area contributed by atoms with Gasteiger partial charge in [0, 0.05) is 30.6 Å². The first-order valence-electron chi connectivity index (χ1n) is 10.2. The van der Waals surface area contributed by atoms with Crippen LogP contribution in [0.4, 0.5) is 5.69 Å². The van der Waals surface area contributed by atoms with Crippen LogP contribution in [0.2, 0.25) is 0 Å². The highest BCUT2D eigenvalue weighted by molar-refractivity contribution is 6.05. The normalized spacial score (nSPS) is 13.0. The molecule has 0 unspecified atom stereocenters. The summed E-state index contributed by atoms with van der Waals surface area (Å²) in [5.74, 6) is -0.579. The van der Waals surface area contributed by atoms with Crippen molar-refractivity contribution in [1.82, 2.24) is 4.90 Å². The van der Waals surface area contributed by atoms with Crippen LogP contribution in [0.15, 0.2) is 53.0 Å². The van der Waals surface area contributed by atoms with Gasteiger partial charge in [-0.15, -0.1) is 0 Å². The van der Waals surface area contributed by atoms with Crippen LogP contribution in [0.5, 0.6) is 0 Å². The summed E-state index contributed by atoms with van der Waals surface area (Å²) in [4.78, 5) is 30.7. The lowest BCUT2D eigenvalue weighted by Gasteiger charge is -2.22. The van der Waals surface area contributed by atoms with Crippen molar-refractivity contribution in [2.45, 2.75) is 33.1 Å². The van der Waals surface area contributed by atoms with Gasteiger partial charge in [0.1, 0.15) is 5.84 Å².